The van der Waals surface area contributed by atoms with Crippen LogP contribution < -0.4 is 11.1 Å². The van der Waals surface area contributed by atoms with Crippen LogP contribution in [0.5, 0.6) is 0 Å². The van der Waals surface area contributed by atoms with Crippen LogP contribution >= 0.6 is 0 Å². The van der Waals surface area contributed by atoms with E-state index in [-0.39, 0.29) is 18.2 Å². The summed E-state index contributed by atoms with van der Waals surface area (Å²) in [5.74, 6) is 0.0402. The molecule has 6 heteroatoms. The third kappa shape index (κ3) is 3.13. The topological polar surface area (TPSA) is 101 Å². The molecule has 1 aromatic heterocycles. The van der Waals surface area contributed by atoms with Crippen molar-refractivity contribution < 1.29 is 9.53 Å². The van der Waals surface area contributed by atoms with Crippen molar-refractivity contribution in [1.29, 1.82) is 5.26 Å². The number of hydrogen-bond donors (Lipinski definition) is 2. The first kappa shape index (κ1) is 11.8. The first-order chi connectivity index (χ1) is 7.67. The second kappa shape index (κ2) is 5.56. The van der Waals surface area contributed by atoms with Gasteiger partial charge in [-0.3, -0.25) is 4.79 Å². The van der Waals surface area contributed by atoms with Gasteiger partial charge < -0.3 is 15.8 Å². The second-order valence-corrected chi connectivity index (χ2v) is 2.90. The van der Waals surface area contributed by atoms with E-state index in [1.165, 1.54) is 0 Å². The van der Waals surface area contributed by atoms with Crippen LogP contribution in [0.3, 0.4) is 0 Å². The number of nitrogen functional groups attached to an aromatic ring is 1. The van der Waals surface area contributed by atoms with Gasteiger partial charge in [0.05, 0.1) is 12.3 Å². The molecule has 0 atom stereocenters. The van der Waals surface area contributed by atoms with Crippen molar-refractivity contribution in [2.75, 3.05) is 24.2 Å². The van der Waals surface area contributed by atoms with Gasteiger partial charge in [0, 0.05) is 0 Å². The Kier molecular flexibility index (Phi) is 4.09. The Morgan fingerprint density at radius 2 is 2.44 bits per heavy atom. The maximum absolute atomic E-state index is 11.0. The molecule has 3 N–H and O–H groups in total. The lowest BCUT2D eigenvalue weighted by atomic mass is 10.3. The highest BCUT2D eigenvalue weighted by atomic mass is 16.5. The lowest BCUT2D eigenvalue weighted by molar-refractivity contribution is -0.140. The molecule has 0 saturated carbocycles. The van der Waals surface area contributed by atoms with Crippen LogP contribution in [0.4, 0.5) is 11.5 Å². The Labute approximate surface area is 93.0 Å². The van der Waals surface area contributed by atoms with Gasteiger partial charge in [0.15, 0.2) is 5.69 Å². The Hall–Kier alpha value is -2.29. The Morgan fingerprint density at radius 1 is 1.69 bits per heavy atom. The van der Waals surface area contributed by atoms with Crippen LogP contribution in [0.1, 0.15) is 12.6 Å². The third-order valence-corrected chi connectivity index (χ3v) is 1.75. The molecule has 1 rings (SSSR count). The zero-order chi connectivity index (χ0) is 12.0. The van der Waals surface area contributed by atoms with Crippen molar-refractivity contribution >= 4 is 17.5 Å². The minimum absolute atomic E-state index is 0.00955. The molecule has 0 aliphatic heterocycles. The van der Waals surface area contributed by atoms with Crippen molar-refractivity contribution in [2.24, 2.45) is 0 Å². The van der Waals surface area contributed by atoms with Crippen molar-refractivity contribution in [1.82, 2.24) is 4.98 Å². The number of rotatable bonds is 4. The zero-order valence-corrected chi connectivity index (χ0v) is 8.86. The highest BCUT2D eigenvalue weighted by Crippen LogP contribution is 2.11. The average molecular weight is 220 g/mol. The largest absolute Gasteiger partial charge is 0.465 e. The predicted molar refractivity (Wildman–Crippen MR) is 58.5 cm³/mol. The van der Waals surface area contributed by atoms with Gasteiger partial charge in [0.1, 0.15) is 18.4 Å². The van der Waals surface area contributed by atoms with E-state index in [0.29, 0.717) is 18.1 Å². The van der Waals surface area contributed by atoms with Crippen molar-refractivity contribution in [2.45, 2.75) is 6.92 Å². The van der Waals surface area contributed by atoms with E-state index >= 15 is 0 Å². The normalized spacial score (nSPS) is 9.25. The number of nitriles is 1. The summed E-state index contributed by atoms with van der Waals surface area (Å²) >= 11 is 0. The molecule has 0 amide bonds. The average Bonchev–Trinajstić information content (AvgIpc) is 2.28. The predicted octanol–water partition coefficient (Wildman–Crippen LogP) is 0.510. The summed E-state index contributed by atoms with van der Waals surface area (Å²) in [5.41, 5.74) is 5.94. The maximum atomic E-state index is 11.0. The first-order valence-corrected chi connectivity index (χ1v) is 4.73. The molecule has 1 aromatic rings. The standard InChI is InChI=1S/C10H12N4O2/c1-2-16-10(15)6-13-9-4-3-7(12)8(5-11)14-9/h3-4H,2,6,12H2,1H3,(H,13,14). The van der Waals surface area contributed by atoms with E-state index in [9.17, 15) is 4.79 Å². The van der Waals surface area contributed by atoms with Crippen molar-refractivity contribution in [3.8, 4) is 6.07 Å². The van der Waals surface area contributed by atoms with Gasteiger partial charge >= 0.3 is 5.97 Å². The van der Waals surface area contributed by atoms with Gasteiger partial charge in [-0.2, -0.15) is 5.26 Å². The fourth-order valence-corrected chi connectivity index (χ4v) is 1.03. The molecule has 6 nitrogen and oxygen atoms in total. The van der Waals surface area contributed by atoms with E-state index < -0.39 is 0 Å². The summed E-state index contributed by atoms with van der Waals surface area (Å²) in [5, 5.41) is 11.4. The smallest absolute Gasteiger partial charge is 0.325 e. The molecule has 1 heterocycles. The third-order valence-electron chi connectivity index (χ3n) is 1.75. The van der Waals surface area contributed by atoms with Crippen molar-refractivity contribution in [3.63, 3.8) is 0 Å². The van der Waals surface area contributed by atoms with E-state index in [0.717, 1.165) is 0 Å². The monoisotopic (exact) mass is 220 g/mol. The van der Waals surface area contributed by atoms with Crippen LogP contribution in [-0.4, -0.2) is 24.1 Å². The number of carbonyl (C=O) groups is 1. The fraction of sp³-hybridized carbons (Fsp3) is 0.300. The van der Waals surface area contributed by atoms with Gasteiger partial charge in [-0.1, -0.05) is 0 Å². The molecule has 0 aliphatic carbocycles. The molecule has 0 radical (unpaired) electrons. The molecule has 16 heavy (non-hydrogen) atoms. The summed E-state index contributed by atoms with van der Waals surface area (Å²) in [6.07, 6.45) is 0. The van der Waals surface area contributed by atoms with E-state index in [1.54, 1.807) is 19.1 Å². The van der Waals surface area contributed by atoms with Crippen molar-refractivity contribution in [3.05, 3.63) is 17.8 Å². The number of esters is 1. The summed E-state index contributed by atoms with van der Waals surface area (Å²) in [4.78, 5) is 15.0. The van der Waals surface area contributed by atoms with Crippen LogP contribution in [0.15, 0.2) is 12.1 Å². The minimum atomic E-state index is -0.375. The Balaban J connectivity index is 2.62. The zero-order valence-electron chi connectivity index (χ0n) is 8.86. The first-order valence-electron chi connectivity index (χ1n) is 4.73. The van der Waals surface area contributed by atoms with Crippen LogP contribution in [0, 0.1) is 11.3 Å². The SMILES string of the molecule is CCOC(=O)CNc1ccc(N)c(C#N)n1. The van der Waals surface area contributed by atoms with Gasteiger partial charge in [-0.05, 0) is 19.1 Å². The Morgan fingerprint density at radius 3 is 3.06 bits per heavy atom. The number of nitrogens with two attached hydrogens (primary N) is 1. The maximum Gasteiger partial charge on any atom is 0.325 e. The number of hydrogen-bond acceptors (Lipinski definition) is 6. The molecule has 0 fully saturated rings. The van der Waals surface area contributed by atoms with Crippen LogP contribution in [-0.2, 0) is 9.53 Å². The lowest BCUT2D eigenvalue weighted by Gasteiger charge is -2.05. The van der Waals surface area contributed by atoms with E-state index in [1.807, 2.05) is 6.07 Å². The summed E-state index contributed by atoms with van der Waals surface area (Å²) in [6.45, 7) is 2.07. The minimum Gasteiger partial charge on any atom is -0.465 e. The molecule has 0 unspecified atom stereocenters. The molecule has 0 aromatic carbocycles. The van der Waals surface area contributed by atoms with Gasteiger partial charge in [-0.15, -0.1) is 0 Å². The number of aromatic nitrogens is 1. The molecule has 0 spiro atoms. The number of nitrogens with zero attached hydrogens (tertiary/aromatic N) is 2. The number of ether oxygens (including phenoxy) is 1. The summed E-state index contributed by atoms with van der Waals surface area (Å²) < 4.78 is 4.72. The number of anilines is 2. The van der Waals surface area contributed by atoms with Crippen LogP contribution in [0.25, 0.3) is 0 Å². The molecule has 0 aliphatic rings. The summed E-state index contributed by atoms with van der Waals surface area (Å²) in [7, 11) is 0. The van der Waals surface area contributed by atoms with Gasteiger partial charge in [0.25, 0.3) is 0 Å². The molecule has 0 saturated heterocycles. The summed E-state index contributed by atoms with van der Waals surface area (Å²) in [6, 6.07) is 5.00. The lowest BCUT2D eigenvalue weighted by Crippen LogP contribution is -2.17. The fourth-order valence-electron chi connectivity index (χ4n) is 1.03. The van der Waals surface area contributed by atoms with E-state index in [4.69, 9.17) is 15.7 Å². The second-order valence-electron chi connectivity index (χ2n) is 2.90. The molecular formula is C10H12N4O2. The van der Waals surface area contributed by atoms with Crippen LogP contribution in [0.2, 0.25) is 0 Å². The molecule has 84 valence electrons. The van der Waals surface area contributed by atoms with Gasteiger partial charge in [-0.25, -0.2) is 4.98 Å². The van der Waals surface area contributed by atoms with Gasteiger partial charge in [0.2, 0.25) is 0 Å². The van der Waals surface area contributed by atoms with E-state index in [2.05, 4.69) is 10.3 Å². The molecule has 0 bridgehead atoms. The number of carbonyl (C=O) groups excluding carboxylic acids is 1. The highest BCUT2D eigenvalue weighted by Gasteiger charge is 2.04. The Bertz CT molecular complexity index is 425. The highest BCUT2D eigenvalue weighted by molar-refractivity contribution is 5.74. The number of pyridine rings is 1. The number of nitrogens with one attached hydrogen (secondary N) is 1. The molecular weight excluding hydrogens is 208 g/mol. The quantitative estimate of drug-likeness (QED) is 0.717.